The maximum absolute atomic E-state index is 12.7. The first-order valence-corrected chi connectivity index (χ1v) is 8.19. The van der Waals surface area contributed by atoms with Crippen LogP contribution in [0.15, 0.2) is 29.0 Å². The Morgan fingerprint density at radius 2 is 2.08 bits per heavy atom. The van der Waals surface area contributed by atoms with Crippen LogP contribution in [-0.4, -0.2) is 34.6 Å². The highest BCUT2D eigenvalue weighted by molar-refractivity contribution is 5.24. The molecule has 0 spiro atoms. The average molecular weight is 355 g/mol. The van der Waals surface area contributed by atoms with Gasteiger partial charge in [0.05, 0.1) is 12.3 Å². The molecule has 0 bridgehead atoms. The number of hydrogen-bond donors (Lipinski definition) is 0. The smallest absolute Gasteiger partial charge is 0.433 e. The minimum Gasteiger partial charge on any atom is -0.493 e. The van der Waals surface area contributed by atoms with Crippen molar-refractivity contribution in [2.75, 3.05) is 19.7 Å². The predicted octanol–water partition coefficient (Wildman–Crippen LogP) is 3.69. The van der Waals surface area contributed by atoms with Crippen LogP contribution in [0.3, 0.4) is 0 Å². The molecule has 0 N–H and O–H groups in total. The van der Waals surface area contributed by atoms with Crippen molar-refractivity contribution in [1.82, 2.24) is 14.9 Å². The highest BCUT2D eigenvalue weighted by atomic mass is 19.4. The Balaban J connectivity index is 1.45. The molecular formula is C17H20F3N3O2. The molecule has 3 heterocycles. The molecule has 8 heteroatoms. The molecule has 1 aliphatic heterocycles. The number of piperidine rings is 1. The Labute approximate surface area is 143 Å². The van der Waals surface area contributed by atoms with Crippen molar-refractivity contribution in [3.8, 4) is 5.75 Å². The molecule has 0 atom stereocenters. The maximum atomic E-state index is 12.7. The molecule has 0 aromatic carbocycles. The van der Waals surface area contributed by atoms with E-state index in [1.807, 2.05) is 6.92 Å². The fraction of sp³-hybridized carbons (Fsp3) is 0.529. The van der Waals surface area contributed by atoms with E-state index < -0.39 is 11.9 Å². The lowest BCUT2D eigenvalue weighted by atomic mass is 9.98. The van der Waals surface area contributed by atoms with E-state index in [9.17, 15) is 13.2 Å². The predicted molar refractivity (Wildman–Crippen MR) is 84.0 cm³/mol. The van der Waals surface area contributed by atoms with Crippen molar-refractivity contribution in [1.29, 1.82) is 0 Å². The zero-order valence-corrected chi connectivity index (χ0v) is 13.9. The molecule has 1 aliphatic rings. The first-order chi connectivity index (χ1) is 11.9. The molecule has 0 aliphatic carbocycles. The van der Waals surface area contributed by atoms with Gasteiger partial charge in [0.1, 0.15) is 17.7 Å². The number of halogens is 3. The summed E-state index contributed by atoms with van der Waals surface area (Å²) in [6.07, 6.45) is 0.221. The van der Waals surface area contributed by atoms with Gasteiger partial charge in [-0.25, -0.2) is 4.98 Å². The van der Waals surface area contributed by atoms with Crippen molar-refractivity contribution >= 4 is 0 Å². The number of aromatic nitrogens is 2. The number of oxazole rings is 1. The molecule has 2 aromatic rings. The third kappa shape index (κ3) is 4.94. The summed E-state index contributed by atoms with van der Waals surface area (Å²) in [5.74, 6) is 1.20. The van der Waals surface area contributed by atoms with Gasteiger partial charge in [0.25, 0.3) is 0 Å². The van der Waals surface area contributed by atoms with Crippen LogP contribution in [0.25, 0.3) is 0 Å². The third-order valence-electron chi connectivity index (χ3n) is 4.27. The van der Waals surface area contributed by atoms with Gasteiger partial charge in [-0.3, -0.25) is 9.88 Å². The summed E-state index contributed by atoms with van der Waals surface area (Å²) in [5, 5.41) is 0. The highest BCUT2D eigenvalue weighted by Crippen LogP contribution is 2.30. The highest BCUT2D eigenvalue weighted by Gasteiger charge is 2.32. The van der Waals surface area contributed by atoms with Crippen molar-refractivity contribution in [2.45, 2.75) is 32.5 Å². The van der Waals surface area contributed by atoms with Gasteiger partial charge in [-0.15, -0.1) is 0 Å². The number of ether oxygens (including phenoxy) is 1. The van der Waals surface area contributed by atoms with Gasteiger partial charge in [-0.2, -0.15) is 13.2 Å². The summed E-state index contributed by atoms with van der Waals surface area (Å²) in [4.78, 5) is 9.92. The maximum Gasteiger partial charge on any atom is 0.433 e. The van der Waals surface area contributed by atoms with Crippen molar-refractivity contribution < 1.29 is 22.3 Å². The van der Waals surface area contributed by atoms with E-state index >= 15 is 0 Å². The zero-order valence-electron chi connectivity index (χ0n) is 13.9. The van der Waals surface area contributed by atoms with Crippen molar-refractivity contribution in [3.63, 3.8) is 0 Å². The SMILES string of the molecule is Cc1nc(CN2CCC(COc3ccnc(C(F)(F)F)c3)CC2)co1. The Kier molecular flexibility index (Phi) is 5.27. The lowest BCUT2D eigenvalue weighted by Gasteiger charge is -2.31. The van der Waals surface area contributed by atoms with Crippen molar-refractivity contribution in [3.05, 3.63) is 41.9 Å². The molecule has 0 radical (unpaired) electrons. The van der Waals surface area contributed by atoms with E-state index in [1.165, 1.54) is 6.07 Å². The van der Waals surface area contributed by atoms with Crippen LogP contribution in [0.2, 0.25) is 0 Å². The third-order valence-corrected chi connectivity index (χ3v) is 4.27. The lowest BCUT2D eigenvalue weighted by molar-refractivity contribution is -0.141. The molecule has 2 aromatic heterocycles. The van der Waals surface area contributed by atoms with Crippen molar-refractivity contribution in [2.24, 2.45) is 5.92 Å². The van der Waals surface area contributed by atoms with Gasteiger partial charge in [0.2, 0.25) is 0 Å². The van der Waals surface area contributed by atoms with Gasteiger partial charge in [0.15, 0.2) is 5.89 Å². The fourth-order valence-electron chi connectivity index (χ4n) is 2.89. The molecule has 0 amide bonds. The Hall–Kier alpha value is -2.09. The van der Waals surface area contributed by atoms with E-state index in [1.54, 1.807) is 6.26 Å². The monoisotopic (exact) mass is 355 g/mol. The van der Waals surface area contributed by atoms with Gasteiger partial charge in [-0.1, -0.05) is 0 Å². The van der Waals surface area contributed by atoms with Crippen LogP contribution < -0.4 is 4.74 Å². The second-order valence-corrected chi connectivity index (χ2v) is 6.26. The molecule has 136 valence electrons. The largest absolute Gasteiger partial charge is 0.493 e. The standard InChI is InChI=1S/C17H20F3N3O2/c1-12-22-14(11-24-12)9-23-6-3-13(4-7-23)10-25-15-2-5-21-16(8-15)17(18,19)20/h2,5,8,11,13H,3-4,6-7,9-10H2,1H3. The summed E-state index contributed by atoms with van der Waals surface area (Å²) in [5.41, 5.74) is -0.00797. The number of rotatable bonds is 5. The van der Waals surface area contributed by atoms with Crippen LogP contribution in [0.4, 0.5) is 13.2 Å². The van der Waals surface area contributed by atoms with E-state index in [2.05, 4.69) is 14.9 Å². The molecule has 3 rings (SSSR count). The normalized spacial score (nSPS) is 17.0. The fourth-order valence-corrected chi connectivity index (χ4v) is 2.89. The minimum absolute atomic E-state index is 0.211. The number of alkyl halides is 3. The topological polar surface area (TPSA) is 51.4 Å². The van der Waals surface area contributed by atoms with Crippen LogP contribution in [0.5, 0.6) is 5.75 Å². The Morgan fingerprint density at radius 1 is 1.32 bits per heavy atom. The summed E-state index contributed by atoms with van der Waals surface area (Å²) >= 11 is 0. The molecule has 0 unspecified atom stereocenters. The number of likely N-dealkylation sites (tertiary alicyclic amines) is 1. The number of aryl methyl sites for hydroxylation is 1. The summed E-state index contributed by atoms with van der Waals surface area (Å²) in [7, 11) is 0. The molecule has 1 fully saturated rings. The molecular weight excluding hydrogens is 335 g/mol. The summed E-state index contributed by atoms with van der Waals surface area (Å²) in [6, 6.07) is 2.40. The first-order valence-electron chi connectivity index (χ1n) is 8.19. The van der Waals surface area contributed by atoms with E-state index in [0.29, 0.717) is 18.4 Å². The number of hydrogen-bond acceptors (Lipinski definition) is 5. The molecule has 25 heavy (non-hydrogen) atoms. The van der Waals surface area contributed by atoms with E-state index in [0.717, 1.165) is 50.4 Å². The summed E-state index contributed by atoms with van der Waals surface area (Å²) < 4.78 is 48.7. The second-order valence-electron chi connectivity index (χ2n) is 6.26. The number of nitrogens with zero attached hydrogens (tertiary/aromatic N) is 3. The van der Waals surface area contributed by atoms with E-state index in [4.69, 9.17) is 9.15 Å². The molecule has 0 saturated carbocycles. The van der Waals surface area contributed by atoms with Crippen LogP contribution >= 0.6 is 0 Å². The van der Waals surface area contributed by atoms with Crippen LogP contribution in [-0.2, 0) is 12.7 Å². The average Bonchev–Trinajstić information content (AvgIpc) is 2.99. The van der Waals surface area contributed by atoms with Gasteiger partial charge in [-0.05, 0) is 37.9 Å². The number of pyridine rings is 1. The van der Waals surface area contributed by atoms with Crippen LogP contribution in [0, 0.1) is 12.8 Å². The molecule has 1 saturated heterocycles. The summed E-state index contributed by atoms with van der Waals surface area (Å²) in [6.45, 7) is 4.80. The quantitative estimate of drug-likeness (QED) is 0.819. The Morgan fingerprint density at radius 3 is 2.72 bits per heavy atom. The minimum atomic E-state index is -4.45. The van der Waals surface area contributed by atoms with E-state index in [-0.39, 0.29) is 5.75 Å². The Bertz CT molecular complexity index is 694. The lowest BCUT2D eigenvalue weighted by Crippen LogP contribution is -2.35. The zero-order chi connectivity index (χ0) is 17.9. The van der Waals surface area contributed by atoms with Crippen LogP contribution in [0.1, 0.15) is 30.1 Å². The first kappa shape index (κ1) is 17.7. The van der Waals surface area contributed by atoms with Gasteiger partial charge < -0.3 is 9.15 Å². The van der Waals surface area contributed by atoms with Gasteiger partial charge in [0, 0.05) is 25.7 Å². The van der Waals surface area contributed by atoms with Gasteiger partial charge >= 0.3 is 6.18 Å². The molecule has 5 nitrogen and oxygen atoms in total. The second kappa shape index (κ2) is 7.43.